The van der Waals surface area contributed by atoms with Gasteiger partial charge in [0, 0.05) is 35.0 Å². The topological polar surface area (TPSA) is 54.0 Å². The Morgan fingerprint density at radius 1 is 1.15 bits per heavy atom. The number of rotatable bonds is 7. The quantitative estimate of drug-likeness (QED) is 0.293. The minimum absolute atomic E-state index is 0.166. The van der Waals surface area contributed by atoms with Gasteiger partial charge in [-0.2, -0.15) is 0 Å². The summed E-state index contributed by atoms with van der Waals surface area (Å²) in [5, 5.41) is 9.26. The molecule has 0 aliphatic heterocycles. The van der Waals surface area contributed by atoms with Crippen LogP contribution in [0.15, 0.2) is 66.6 Å². The summed E-state index contributed by atoms with van der Waals surface area (Å²) >= 11 is 7.11. The van der Waals surface area contributed by atoms with E-state index in [0.29, 0.717) is 17.5 Å². The fraction of sp³-hybridized carbons (Fsp3) is 0.296. The van der Waals surface area contributed by atoms with Gasteiger partial charge < -0.3 is 10.6 Å². The maximum Gasteiger partial charge on any atom is 0.275 e. The summed E-state index contributed by atoms with van der Waals surface area (Å²) in [7, 11) is 0. The van der Waals surface area contributed by atoms with E-state index in [1.165, 1.54) is 5.56 Å². The number of hydrogen-bond acceptors (Lipinski definition) is 4. The number of aromatic nitrogens is 1. The summed E-state index contributed by atoms with van der Waals surface area (Å²) < 4.78 is 0. The molecule has 4 nitrogen and oxygen atoms in total. The van der Waals surface area contributed by atoms with Gasteiger partial charge in [0.05, 0.1) is 10.00 Å². The first-order chi connectivity index (χ1) is 16.0. The number of thiazole rings is 1. The number of benzene rings is 2. The number of carbonyl (C=O) groups is 1. The van der Waals surface area contributed by atoms with Crippen molar-refractivity contribution < 1.29 is 4.79 Å². The number of amides is 1. The molecule has 0 radical (unpaired) electrons. The minimum Gasteiger partial charge on any atom is -0.376 e. The lowest BCUT2D eigenvalue weighted by Crippen LogP contribution is -2.31. The standard InChI is InChI=1S/C27H29N3OS2/c1-3-16-28-26(32)20-12-14-21(15-13-20)27-30-24(17-33-27)25(31)29-23-7-5-4-6-22(23)19-10-8-18(2)9-11-19/h3-11,17,20-21H,1,12-16H2,2H3,(H,28,32)(H,29,31). The van der Waals surface area contributed by atoms with Crippen molar-refractivity contribution in [2.24, 2.45) is 5.92 Å². The monoisotopic (exact) mass is 475 g/mol. The van der Waals surface area contributed by atoms with Gasteiger partial charge in [-0.3, -0.25) is 4.79 Å². The highest BCUT2D eigenvalue weighted by Crippen LogP contribution is 2.37. The molecule has 0 atom stereocenters. The van der Waals surface area contributed by atoms with Crippen molar-refractivity contribution in [1.82, 2.24) is 10.3 Å². The molecule has 2 aromatic carbocycles. The Bertz CT molecular complexity index is 1130. The maximum absolute atomic E-state index is 13.0. The Morgan fingerprint density at radius 3 is 2.61 bits per heavy atom. The molecule has 1 saturated carbocycles. The van der Waals surface area contributed by atoms with Gasteiger partial charge in [-0.05, 0) is 44.2 Å². The second-order valence-corrected chi connectivity index (χ2v) is 9.85. The van der Waals surface area contributed by atoms with E-state index >= 15 is 0 Å². The number of carbonyl (C=O) groups excluding carboxylic acids is 1. The third kappa shape index (κ3) is 5.75. The highest BCUT2D eigenvalue weighted by molar-refractivity contribution is 7.80. The fourth-order valence-corrected chi connectivity index (χ4v) is 5.55. The molecule has 1 amide bonds. The van der Waals surface area contributed by atoms with Crippen molar-refractivity contribution in [2.45, 2.75) is 38.5 Å². The van der Waals surface area contributed by atoms with Gasteiger partial charge in [0.1, 0.15) is 5.69 Å². The van der Waals surface area contributed by atoms with Crippen molar-refractivity contribution in [3.05, 3.63) is 82.8 Å². The first-order valence-corrected chi connectivity index (χ1v) is 12.7. The van der Waals surface area contributed by atoms with Crippen molar-refractivity contribution in [1.29, 1.82) is 0 Å². The van der Waals surface area contributed by atoms with Gasteiger partial charge in [-0.25, -0.2) is 4.98 Å². The molecule has 2 N–H and O–H groups in total. The summed E-state index contributed by atoms with van der Waals surface area (Å²) in [5.41, 5.74) is 4.56. The SMILES string of the molecule is C=CCNC(=S)C1CCC(c2nc(C(=O)Nc3ccccc3-c3ccc(C)cc3)cs2)CC1. The lowest BCUT2D eigenvalue weighted by atomic mass is 9.82. The van der Waals surface area contributed by atoms with Gasteiger partial charge in [-0.15, -0.1) is 17.9 Å². The second-order valence-electron chi connectivity index (χ2n) is 8.52. The Hall–Kier alpha value is -2.83. The van der Waals surface area contributed by atoms with E-state index in [1.54, 1.807) is 11.3 Å². The normalized spacial score (nSPS) is 17.8. The molecule has 4 rings (SSSR count). The van der Waals surface area contributed by atoms with Crippen LogP contribution in [-0.2, 0) is 0 Å². The molecule has 1 heterocycles. The number of aryl methyl sites for hydroxylation is 1. The first-order valence-electron chi connectivity index (χ1n) is 11.4. The zero-order valence-electron chi connectivity index (χ0n) is 18.8. The molecule has 0 spiro atoms. The molecule has 0 bridgehead atoms. The van der Waals surface area contributed by atoms with E-state index in [1.807, 2.05) is 35.7 Å². The van der Waals surface area contributed by atoms with Gasteiger partial charge >= 0.3 is 0 Å². The van der Waals surface area contributed by atoms with Crippen LogP contribution in [0.25, 0.3) is 11.1 Å². The zero-order valence-corrected chi connectivity index (χ0v) is 20.5. The van der Waals surface area contributed by atoms with Gasteiger partial charge in [0.2, 0.25) is 0 Å². The van der Waals surface area contributed by atoms with Crippen LogP contribution in [0.4, 0.5) is 5.69 Å². The van der Waals surface area contributed by atoms with Crippen LogP contribution in [0.2, 0.25) is 0 Å². The van der Waals surface area contributed by atoms with Crippen LogP contribution in [0.3, 0.4) is 0 Å². The third-order valence-corrected chi connectivity index (χ3v) is 7.65. The van der Waals surface area contributed by atoms with Crippen LogP contribution in [0, 0.1) is 12.8 Å². The number of anilines is 1. The molecule has 1 aliphatic rings. The lowest BCUT2D eigenvalue weighted by Gasteiger charge is -2.28. The van der Waals surface area contributed by atoms with Gasteiger partial charge in [-0.1, -0.05) is 66.3 Å². The van der Waals surface area contributed by atoms with Gasteiger partial charge in [0.15, 0.2) is 0 Å². The Morgan fingerprint density at radius 2 is 1.88 bits per heavy atom. The molecular weight excluding hydrogens is 446 g/mol. The average molecular weight is 476 g/mol. The van der Waals surface area contributed by atoms with Crippen LogP contribution in [-0.4, -0.2) is 22.4 Å². The second kappa shape index (κ2) is 10.9. The first kappa shape index (κ1) is 23.3. The molecular formula is C27H29N3OS2. The number of thiocarbonyl (C=S) groups is 1. The molecule has 1 aromatic heterocycles. The maximum atomic E-state index is 13.0. The van der Waals surface area contributed by atoms with Crippen molar-refractivity contribution in [3.8, 4) is 11.1 Å². The number of nitrogens with one attached hydrogen (secondary N) is 2. The summed E-state index contributed by atoms with van der Waals surface area (Å²) in [5.74, 6) is 0.660. The average Bonchev–Trinajstić information content (AvgIpc) is 3.34. The highest BCUT2D eigenvalue weighted by atomic mass is 32.1. The van der Waals surface area contributed by atoms with Crippen LogP contribution in [0.1, 0.15) is 52.7 Å². The lowest BCUT2D eigenvalue weighted by molar-refractivity contribution is 0.102. The van der Waals surface area contributed by atoms with E-state index in [0.717, 1.165) is 59.0 Å². The van der Waals surface area contributed by atoms with E-state index < -0.39 is 0 Å². The molecule has 0 unspecified atom stereocenters. The van der Waals surface area contributed by atoms with Gasteiger partial charge in [0.25, 0.3) is 5.91 Å². The molecule has 170 valence electrons. The molecule has 3 aromatic rings. The number of para-hydroxylation sites is 1. The summed E-state index contributed by atoms with van der Waals surface area (Å²) in [4.78, 5) is 18.6. The molecule has 1 aliphatic carbocycles. The molecule has 6 heteroatoms. The van der Waals surface area contributed by atoms with Crippen molar-refractivity contribution in [2.75, 3.05) is 11.9 Å². The van der Waals surface area contributed by atoms with Crippen molar-refractivity contribution >= 4 is 40.1 Å². The van der Waals surface area contributed by atoms with E-state index in [2.05, 4.69) is 48.4 Å². The van der Waals surface area contributed by atoms with Crippen LogP contribution >= 0.6 is 23.6 Å². The predicted molar refractivity (Wildman–Crippen MR) is 142 cm³/mol. The molecule has 0 saturated heterocycles. The summed E-state index contributed by atoms with van der Waals surface area (Å²) in [6.07, 6.45) is 6.04. The van der Waals surface area contributed by atoms with Crippen molar-refractivity contribution in [3.63, 3.8) is 0 Å². The minimum atomic E-state index is -0.166. The third-order valence-electron chi connectivity index (χ3n) is 6.16. The smallest absolute Gasteiger partial charge is 0.275 e. The molecule has 1 fully saturated rings. The largest absolute Gasteiger partial charge is 0.376 e. The highest BCUT2D eigenvalue weighted by Gasteiger charge is 2.27. The molecule has 33 heavy (non-hydrogen) atoms. The fourth-order valence-electron chi connectivity index (χ4n) is 4.26. The summed E-state index contributed by atoms with van der Waals surface area (Å²) in [6, 6.07) is 16.2. The van der Waals surface area contributed by atoms with Crippen LogP contribution < -0.4 is 10.6 Å². The van der Waals surface area contributed by atoms with E-state index in [9.17, 15) is 4.79 Å². The van der Waals surface area contributed by atoms with E-state index in [-0.39, 0.29) is 5.91 Å². The Kier molecular flexibility index (Phi) is 7.68. The predicted octanol–water partition coefficient (Wildman–Crippen LogP) is 6.75. The van der Waals surface area contributed by atoms with E-state index in [4.69, 9.17) is 17.2 Å². The zero-order chi connectivity index (χ0) is 23.2. The van der Waals surface area contributed by atoms with Crippen LogP contribution in [0.5, 0.6) is 0 Å². The Balaban J connectivity index is 1.40. The number of hydrogen-bond donors (Lipinski definition) is 2. The Labute approximate surface area is 205 Å². The number of nitrogens with zero attached hydrogens (tertiary/aromatic N) is 1. The summed E-state index contributed by atoms with van der Waals surface area (Å²) in [6.45, 7) is 6.52.